The van der Waals surface area contributed by atoms with Gasteiger partial charge in [0.25, 0.3) is 5.91 Å². The van der Waals surface area contributed by atoms with Gasteiger partial charge in [-0.15, -0.1) is 0 Å². The van der Waals surface area contributed by atoms with E-state index in [0.29, 0.717) is 33.6 Å². The first-order valence-electron chi connectivity index (χ1n) is 15.6. The van der Waals surface area contributed by atoms with Crippen LogP contribution in [0.5, 0.6) is 5.75 Å². The summed E-state index contributed by atoms with van der Waals surface area (Å²) in [7, 11) is 1.80. The molecule has 0 spiro atoms. The van der Waals surface area contributed by atoms with Crippen molar-refractivity contribution in [3.8, 4) is 28.8 Å². The molecule has 5 rings (SSSR count). The average molecular weight is 650 g/mol. The monoisotopic (exact) mass is 649 g/mol. The van der Waals surface area contributed by atoms with Crippen LogP contribution in [-0.4, -0.2) is 69.1 Å². The van der Waals surface area contributed by atoms with Gasteiger partial charge in [-0.25, -0.2) is 4.79 Å². The first-order valence-corrected chi connectivity index (χ1v) is 15.6. The van der Waals surface area contributed by atoms with Gasteiger partial charge in [-0.3, -0.25) is 14.3 Å². The summed E-state index contributed by atoms with van der Waals surface area (Å²) in [5, 5.41) is 20.5. The Morgan fingerprint density at radius 2 is 1.77 bits per heavy atom. The number of carbonyl (C=O) groups excluding carboxylic acids is 3. The number of alkyl carbamates (subject to hydrolysis) is 1. The minimum Gasteiger partial charge on any atom is -0.507 e. The molecule has 248 valence electrons. The van der Waals surface area contributed by atoms with Crippen LogP contribution in [0.1, 0.15) is 49.1 Å². The predicted octanol–water partition coefficient (Wildman–Crippen LogP) is 4.93. The molecule has 1 aliphatic heterocycles. The molecule has 0 saturated carbocycles. The van der Waals surface area contributed by atoms with E-state index in [1.165, 1.54) is 4.90 Å². The maximum Gasteiger partial charge on any atom is 0.408 e. The molecule has 2 atom stereocenters. The van der Waals surface area contributed by atoms with E-state index in [1.807, 2.05) is 25.1 Å². The number of aromatic nitrogens is 2. The van der Waals surface area contributed by atoms with Crippen LogP contribution in [-0.2, 0) is 26.1 Å². The lowest BCUT2D eigenvalue weighted by molar-refractivity contribution is -0.148. The van der Waals surface area contributed by atoms with Crippen molar-refractivity contribution >= 4 is 23.6 Å². The number of phenols is 1. The maximum atomic E-state index is 13.9. The van der Waals surface area contributed by atoms with Crippen LogP contribution < -0.4 is 10.6 Å². The normalized spacial score (nSPS) is 15.1. The average Bonchev–Trinajstić information content (AvgIpc) is 3.43. The number of hydrogen-bond acceptors (Lipinski definition) is 7. The zero-order valence-corrected chi connectivity index (χ0v) is 27.6. The lowest BCUT2D eigenvalue weighted by Crippen LogP contribution is -2.57. The summed E-state index contributed by atoms with van der Waals surface area (Å²) in [4.78, 5) is 41.6. The van der Waals surface area contributed by atoms with Crippen molar-refractivity contribution in [3.05, 3.63) is 101 Å². The first-order chi connectivity index (χ1) is 22.9. The van der Waals surface area contributed by atoms with Crippen molar-refractivity contribution in [1.29, 1.82) is 0 Å². The number of rotatable bonds is 6. The van der Waals surface area contributed by atoms with Gasteiger partial charge in [0.2, 0.25) is 5.91 Å². The number of aryl methyl sites for hydroxylation is 2. The topological polar surface area (TPSA) is 135 Å². The molecule has 0 radical (unpaired) electrons. The Morgan fingerprint density at radius 1 is 1.04 bits per heavy atom. The Kier molecular flexibility index (Phi) is 10.2. The molecule has 3 aromatic carbocycles. The fourth-order valence-electron chi connectivity index (χ4n) is 5.23. The summed E-state index contributed by atoms with van der Waals surface area (Å²) in [5.41, 5.74) is 3.86. The number of phenolic OH excluding ortho intramolecular Hbond substituents is 1. The molecule has 1 unspecified atom stereocenters. The Morgan fingerprint density at radius 3 is 2.48 bits per heavy atom. The summed E-state index contributed by atoms with van der Waals surface area (Å²) >= 11 is 0. The number of nitrogens with one attached hydrogen (secondary N) is 2. The number of benzene rings is 3. The Labute approximate surface area is 279 Å². The van der Waals surface area contributed by atoms with E-state index in [-0.39, 0.29) is 25.5 Å². The molecule has 4 aromatic rings. The van der Waals surface area contributed by atoms with Crippen LogP contribution in [0.25, 0.3) is 11.3 Å². The van der Waals surface area contributed by atoms with E-state index in [1.54, 1.807) is 93.3 Å². The lowest BCUT2D eigenvalue weighted by Gasteiger charge is -2.37. The summed E-state index contributed by atoms with van der Waals surface area (Å²) in [6, 6.07) is 19.2. The number of ether oxygens (including phenoxy) is 2. The highest BCUT2D eigenvalue weighted by Crippen LogP contribution is 2.31. The summed E-state index contributed by atoms with van der Waals surface area (Å²) in [5.74, 6) is 5.52. The van der Waals surface area contributed by atoms with Crippen LogP contribution in [0, 0.1) is 18.8 Å². The molecule has 1 aliphatic rings. The minimum atomic E-state index is -1.07. The van der Waals surface area contributed by atoms with Crippen molar-refractivity contribution in [1.82, 2.24) is 20.0 Å². The molecule has 0 bridgehead atoms. The summed E-state index contributed by atoms with van der Waals surface area (Å²) < 4.78 is 12.7. The second-order valence-electron chi connectivity index (χ2n) is 12.5. The maximum absolute atomic E-state index is 13.9. The van der Waals surface area contributed by atoms with Gasteiger partial charge in [0.15, 0.2) is 0 Å². The Hall–Kier alpha value is -5.60. The second kappa shape index (κ2) is 14.4. The zero-order valence-electron chi connectivity index (χ0n) is 27.6. The van der Waals surface area contributed by atoms with Gasteiger partial charge in [-0.2, -0.15) is 5.10 Å². The Balaban J connectivity index is 1.30. The van der Waals surface area contributed by atoms with E-state index >= 15 is 0 Å². The molecule has 48 heavy (non-hydrogen) atoms. The Bertz CT molecular complexity index is 1850. The van der Waals surface area contributed by atoms with Crippen molar-refractivity contribution in [2.24, 2.45) is 7.05 Å². The van der Waals surface area contributed by atoms with Crippen molar-refractivity contribution in [2.75, 3.05) is 25.1 Å². The van der Waals surface area contributed by atoms with E-state index in [2.05, 4.69) is 27.6 Å². The summed E-state index contributed by atoms with van der Waals surface area (Å²) in [6.45, 7) is 7.58. The molecule has 1 aromatic heterocycles. The molecular weight excluding hydrogens is 610 g/mol. The first kappa shape index (κ1) is 33.8. The smallest absolute Gasteiger partial charge is 0.408 e. The lowest BCUT2D eigenvalue weighted by atomic mass is 10.0. The van der Waals surface area contributed by atoms with Gasteiger partial charge >= 0.3 is 6.09 Å². The van der Waals surface area contributed by atoms with Crippen molar-refractivity contribution < 1.29 is 29.0 Å². The number of nitrogens with zero attached hydrogens (tertiary/aromatic N) is 3. The van der Waals surface area contributed by atoms with Gasteiger partial charge in [-0.1, -0.05) is 53.8 Å². The molecule has 11 heteroatoms. The number of aromatic hydroxyl groups is 1. The fraction of sp³-hybridized carbons (Fsp3) is 0.297. The second-order valence-corrected chi connectivity index (χ2v) is 12.5. The van der Waals surface area contributed by atoms with Crippen molar-refractivity contribution in [3.63, 3.8) is 0 Å². The third-order valence-electron chi connectivity index (χ3n) is 7.49. The van der Waals surface area contributed by atoms with Crippen LogP contribution in [0.2, 0.25) is 0 Å². The molecule has 1 saturated heterocycles. The quantitative estimate of drug-likeness (QED) is 0.252. The van der Waals surface area contributed by atoms with Gasteiger partial charge < -0.3 is 30.1 Å². The van der Waals surface area contributed by atoms with Gasteiger partial charge in [0.05, 0.1) is 18.8 Å². The highest BCUT2D eigenvalue weighted by molar-refractivity contribution is 5.98. The van der Waals surface area contributed by atoms with E-state index in [4.69, 9.17) is 9.47 Å². The molecule has 3 amide bonds. The SMILES string of the molecule is Cc1ccc(O)c(-c2nn(C)cc2C#Cc2ccc(NC(=O)C3COCCN3C(=O)[C@@H](NC(=O)OC(C)(C)C)c3ccccc3)cc2)c1. The largest absolute Gasteiger partial charge is 0.507 e. The number of amides is 3. The van der Waals surface area contributed by atoms with Crippen LogP contribution in [0.4, 0.5) is 10.5 Å². The molecule has 0 aliphatic carbocycles. The van der Waals surface area contributed by atoms with Gasteiger partial charge in [-0.05, 0) is 69.7 Å². The molecule has 2 heterocycles. The van der Waals surface area contributed by atoms with E-state index in [0.717, 1.165) is 5.56 Å². The number of anilines is 1. The zero-order chi connectivity index (χ0) is 34.4. The van der Waals surface area contributed by atoms with E-state index < -0.39 is 35.6 Å². The van der Waals surface area contributed by atoms with Crippen LogP contribution >= 0.6 is 0 Å². The molecule has 3 N–H and O–H groups in total. The highest BCUT2D eigenvalue weighted by atomic mass is 16.6. The predicted molar refractivity (Wildman–Crippen MR) is 181 cm³/mol. The number of morpholine rings is 1. The number of hydrogen-bond donors (Lipinski definition) is 3. The van der Waals surface area contributed by atoms with Gasteiger partial charge in [0, 0.05) is 36.6 Å². The van der Waals surface area contributed by atoms with Crippen LogP contribution in [0.15, 0.2) is 79.0 Å². The molecular formula is C37H39N5O6. The third-order valence-corrected chi connectivity index (χ3v) is 7.49. The molecule has 11 nitrogen and oxygen atoms in total. The van der Waals surface area contributed by atoms with Gasteiger partial charge in [0.1, 0.15) is 29.1 Å². The minimum absolute atomic E-state index is 0.000975. The standard InChI is InChI=1S/C37H39N5O6/c1-24-11-18-31(43)29(21-24)32-27(22-41(5)40-32)15-12-25-13-16-28(17-14-25)38-34(44)30-23-47-20-19-42(30)35(45)33(26-9-7-6-8-10-26)39-36(46)48-37(2,3)4/h6-11,13-14,16-18,21-22,30,33,43H,19-20,23H2,1-5H3,(H,38,44)(H,39,46)/t30?,33-/m0/s1. The highest BCUT2D eigenvalue weighted by Gasteiger charge is 2.38. The van der Waals surface area contributed by atoms with Crippen LogP contribution in [0.3, 0.4) is 0 Å². The fourth-order valence-corrected chi connectivity index (χ4v) is 5.23. The molecule has 1 fully saturated rings. The third kappa shape index (κ3) is 8.40. The number of carbonyl (C=O) groups is 3. The van der Waals surface area contributed by atoms with E-state index in [9.17, 15) is 19.5 Å². The summed E-state index contributed by atoms with van der Waals surface area (Å²) in [6.07, 6.45) is 1.05. The van der Waals surface area contributed by atoms with Crippen molar-refractivity contribution in [2.45, 2.75) is 45.4 Å².